The number of nitrogen functional groups attached to an aromatic ring is 1. The van der Waals surface area contributed by atoms with Crippen LogP contribution in [0.2, 0.25) is 5.02 Å². The summed E-state index contributed by atoms with van der Waals surface area (Å²) in [6, 6.07) is 4.58. The van der Waals surface area contributed by atoms with Crippen LogP contribution in [0.3, 0.4) is 0 Å². The minimum atomic E-state index is -0.461. The molecule has 0 bridgehead atoms. The van der Waals surface area contributed by atoms with Crippen LogP contribution in [0.15, 0.2) is 24.5 Å². The lowest BCUT2D eigenvalue weighted by Gasteiger charge is -2.05. The fourth-order valence-electron chi connectivity index (χ4n) is 1.76. The molecule has 96 valence electrons. The third-order valence-corrected chi connectivity index (χ3v) is 3.13. The SMILES string of the molecule is CCCCn1cnc(-c2ccc(Cl)c(F)c2)c1N. The summed E-state index contributed by atoms with van der Waals surface area (Å²) in [5, 5.41) is 0.0998. The van der Waals surface area contributed by atoms with Crippen molar-refractivity contribution in [1.82, 2.24) is 9.55 Å². The number of hydrogen-bond acceptors (Lipinski definition) is 2. The lowest BCUT2D eigenvalue weighted by Crippen LogP contribution is -2.02. The van der Waals surface area contributed by atoms with Crippen molar-refractivity contribution in [2.24, 2.45) is 0 Å². The molecule has 0 aliphatic rings. The maximum absolute atomic E-state index is 13.4. The monoisotopic (exact) mass is 267 g/mol. The first-order valence-corrected chi connectivity index (χ1v) is 6.27. The summed E-state index contributed by atoms with van der Waals surface area (Å²) in [5.74, 6) is 0.0989. The van der Waals surface area contributed by atoms with E-state index in [0.717, 1.165) is 19.4 Å². The molecule has 2 N–H and O–H groups in total. The van der Waals surface area contributed by atoms with Gasteiger partial charge >= 0.3 is 0 Å². The van der Waals surface area contributed by atoms with E-state index in [1.165, 1.54) is 12.1 Å². The number of nitrogens with two attached hydrogens (primary N) is 1. The van der Waals surface area contributed by atoms with Gasteiger partial charge in [0.25, 0.3) is 0 Å². The topological polar surface area (TPSA) is 43.8 Å². The van der Waals surface area contributed by atoms with Gasteiger partial charge in [-0.1, -0.05) is 31.0 Å². The number of imidazole rings is 1. The van der Waals surface area contributed by atoms with E-state index in [1.807, 2.05) is 4.57 Å². The number of halogens is 2. The van der Waals surface area contributed by atoms with Crippen LogP contribution in [0.4, 0.5) is 10.2 Å². The average molecular weight is 268 g/mol. The number of benzene rings is 1. The second-order valence-corrected chi connectivity index (χ2v) is 4.56. The van der Waals surface area contributed by atoms with Gasteiger partial charge in [0.2, 0.25) is 0 Å². The predicted molar refractivity (Wildman–Crippen MR) is 72.0 cm³/mol. The second kappa shape index (κ2) is 5.40. The Morgan fingerprint density at radius 1 is 1.44 bits per heavy atom. The molecule has 0 unspecified atom stereocenters. The Bertz CT molecular complexity index is 551. The van der Waals surface area contributed by atoms with Crippen LogP contribution in [-0.2, 0) is 6.54 Å². The second-order valence-electron chi connectivity index (χ2n) is 4.15. The van der Waals surface area contributed by atoms with E-state index in [9.17, 15) is 4.39 Å². The molecule has 18 heavy (non-hydrogen) atoms. The summed E-state index contributed by atoms with van der Waals surface area (Å²) in [5.41, 5.74) is 7.25. The highest BCUT2D eigenvalue weighted by Crippen LogP contribution is 2.27. The third-order valence-electron chi connectivity index (χ3n) is 2.82. The Labute approximate surface area is 110 Å². The van der Waals surface area contributed by atoms with Crippen molar-refractivity contribution in [3.05, 3.63) is 35.4 Å². The molecule has 1 aromatic carbocycles. The molecule has 0 saturated carbocycles. The lowest BCUT2D eigenvalue weighted by molar-refractivity contribution is 0.628. The molecule has 2 rings (SSSR count). The molecule has 0 radical (unpaired) electrons. The molecule has 3 nitrogen and oxygen atoms in total. The van der Waals surface area contributed by atoms with Crippen molar-refractivity contribution >= 4 is 17.4 Å². The number of aromatic nitrogens is 2. The Hall–Kier alpha value is -1.55. The van der Waals surface area contributed by atoms with Gasteiger partial charge in [-0.15, -0.1) is 0 Å². The quantitative estimate of drug-likeness (QED) is 0.917. The van der Waals surface area contributed by atoms with Crippen LogP contribution in [0.25, 0.3) is 11.3 Å². The molecule has 0 aliphatic heterocycles. The summed E-state index contributed by atoms with van der Waals surface area (Å²) >= 11 is 5.65. The highest BCUT2D eigenvalue weighted by atomic mass is 35.5. The fraction of sp³-hybridized carbons (Fsp3) is 0.308. The zero-order valence-corrected chi connectivity index (χ0v) is 10.9. The van der Waals surface area contributed by atoms with Crippen LogP contribution in [0, 0.1) is 5.82 Å². The molecule has 2 aromatic rings. The van der Waals surface area contributed by atoms with E-state index < -0.39 is 5.82 Å². The summed E-state index contributed by atoms with van der Waals surface area (Å²) in [7, 11) is 0. The Balaban J connectivity index is 2.33. The zero-order chi connectivity index (χ0) is 13.1. The lowest BCUT2D eigenvalue weighted by atomic mass is 10.1. The fourth-order valence-corrected chi connectivity index (χ4v) is 1.88. The Morgan fingerprint density at radius 3 is 2.89 bits per heavy atom. The number of aryl methyl sites for hydroxylation is 1. The van der Waals surface area contributed by atoms with Crippen LogP contribution in [0.5, 0.6) is 0 Å². The van der Waals surface area contributed by atoms with Gasteiger partial charge < -0.3 is 10.3 Å². The van der Waals surface area contributed by atoms with Crippen LogP contribution in [-0.4, -0.2) is 9.55 Å². The summed E-state index contributed by atoms with van der Waals surface area (Å²) in [6.45, 7) is 2.94. The van der Waals surface area contributed by atoms with Crippen molar-refractivity contribution in [2.75, 3.05) is 5.73 Å². The van der Waals surface area contributed by atoms with Crippen LogP contribution in [0.1, 0.15) is 19.8 Å². The normalized spacial score (nSPS) is 10.8. The van der Waals surface area contributed by atoms with E-state index in [4.69, 9.17) is 17.3 Å². The van der Waals surface area contributed by atoms with Crippen molar-refractivity contribution in [3.8, 4) is 11.3 Å². The van der Waals surface area contributed by atoms with Crippen molar-refractivity contribution in [2.45, 2.75) is 26.3 Å². The van der Waals surface area contributed by atoms with E-state index in [0.29, 0.717) is 17.1 Å². The number of unbranched alkanes of at least 4 members (excludes halogenated alkanes) is 1. The summed E-state index contributed by atoms with van der Waals surface area (Å²) in [4.78, 5) is 4.24. The van der Waals surface area contributed by atoms with Gasteiger partial charge in [-0.2, -0.15) is 0 Å². The van der Waals surface area contributed by atoms with Gasteiger partial charge in [-0.25, -0.2) is 9.37 Å². The first kappa shape index (κ1) is 12.9. The van der Waals surface area contributed by atoms with Gasteiger partial charge in [0.15, 0.2) is 0 Å². The molecule has 0 amide bonds. The summed E-state index contributed by atoms with van der Waals surface area (Å²) < 4.78 is 15.3. The highest BCUT2D eigenvalue weighted by molar-refractivity contribution is 6.30. The predicted octanol–water partition coefficient (Wildman–Crippen LogP) is 3.72. The molecule has 1 aromatic heterocycles. The van der Waals surface area contributed by atoms with Crippen molar-refractivity contribution < 1.29 is 4.39 Å². The minimum Gasteiger partial charge on any atom is -0.383 e. The van der Waals surface area contributed by atoms with Crippen molar-refractivity contribution in [1.29, 1.82) is 0 Å². The molecular weight excluding hydrogens is 253 g/mol. The highest BCUT2D eigenvalue weighted by Gasteiger charge is 2.11. The standard InChI is InChI=1S/C13H15ClFN3/c1-2-3-6-18-8-17-12(13(18)16)9-4-5-10(14)11(15)7-9/h4-5,7-8H,2-3,6,16H2,1H3. The van der Waals surface area contributed by atoms with Gasteiger partial charge in [0.1, 0.15) is 17.3 Å². The molecule has 0 fully saturated rings. The first-order valence-electron chi connectivity index (χ1n) is 5.89. The Kier molecular flexibility index (Phi) is 3.87. The molecule has 5 heteroatoms. The van der Waals surface area contributed by atoms with Crippen LogP contribution >= 0.6 is 11.6 Å². The van der Waals surface area contributed by atoms with Crippen LogP contribution < -0.4 is 5.73 Å². The number of nitrogens with zero attached hydrogens (tertiary/aromatic N) is 2. The molecule has 1 heterocycles. The van der Waals surface area contributed by atoms with Gasteiger partial charge in [-0.05, 0) is 18.6 Å². The van der Waals surface area contributed by atoms with E-state index in [2.05, 4.69) is 11.9 Å². The molecule has 0 atom stereocenters. The van der Waals surface area contributed by atoms with Gasteiger partial charge in [0.05, 0.1) is 11.3 Å². The molecule has 0 saturated heterocycles. The minimum absolute atomic E-state index is 0.0998. The maximum atomic E-state index is 13.4. The van der Waals surface area contributed by atoms with Gasteiger partial charge in [0, 0.05) is 12.1 Å². The smallest absolute Gasteiger partial charge is 0.142 e. The third kappa shape index (κ3) is 2.48. The van der Waals surface area contributed by atoms with E-state index >= 15 is 0 Å². The number of hydrogen-bond donors (Lipinski definition) is 1. The first-order chi connectivity index (χ1) is 8.63. The van der Waals surface area contributed by atoms with Crippen molar-refractivity contribution in [3.63, 3.8) is 0 Å². The number of anilines is 1. The zero-order valence-electron chi connectivity index (χ0n) is 10.2. The molecule has 0 aliphatic carbocycles. The van der Waals surface area contributed by atoms with E-state index in [1.54, 1.807) is 12.4 Å². The van der Waals surface area contributed by atoms with Gasteiger partial charge in [-0.3, -0.25) is 0 Å². The van der Waals surface area contributed by atoms with E-state index in [-0.39, 0.29) is 5.02 Å². The summed E-state index contributed by atoms with van der Waals surface area (Å²) in [6.07, 6.45) is 3.81. The molecular formula is C13H15ClFN3. The molecule has 0 spiro atoms. The largest absolute Gasteiger partial charge is 0.383 e. The number of rotatable bonds is 4. The maximum Gasteiger partial charge on any atom is 0.142 e. The Morgan fingerprint density at radius 2 is 2.22 bits per heavy atom. The average Bonchev–Trinajstić information content (AvgIpc) is 2.72.